The van der Waals surface area contributed by atoms with Crippen LogP contribution < -0.4 is 4.74 Å². The van der Waals surface area contributed by atoms with Crippen molar-refractivity contribution in [2.24, 2.45) is 5.92 Å². The molecule has 1 atom stereocenters. The van der Waals surface area contributed by atoms with E-state index in [0.29, 0.717) is 11.7 Å². The molecule has 1 aliphatic carbocycles. The van der Waals surface area contributed by atoms with Gasteiger partial charge in [-0.1, -0.05) is 83.2 Å². The van der Waals surface area contributed by atoms with Crippen LogP contribution in [0.2, 0.25) is 0 Å². The van der Waals surface area contributed by atoms with Crippen LogP contribution in [0.25, 0.3) is 11.1 Å². The third kappa shape index (κ3) is 6.33. The number of unbranched alkanes of at least 4 members (excludes halogenated alkanes) is 3. The summed E-state index contributed by atoms with van der Waals surface area (Å²) >= 11 is 0. The van der Waals surface area contributed by atoms with E-state index in [4.69, 9.17) is 4.74 Å². The summed E-state index contributed by atoms with van der Waals surface area (Å²) in [6, 6.07) is 14.2. The van der Waals surface area contributed by atoms with Gasteiger partial charge in [0.1, 0.15) is 0 Å². The van der Waals surface area contributed by atoms with Gasteiger partial charge in [-0.2, -0.15) is 0 Å². The summed E-state index contributed by atoms with van der Waals surface area (Å²) in [5.74, 6) is 1.68. The highest BCUT2D eigenvalue weighted by Gasteiger charge is 2.19. The summed E-state index contributed by atoms with van der Waals surface area (Å²) in [7, 11) is 0. The number of ether oxygens (including phenoxy) is 1. The maximum absolute atomic E-state index is 14.8. The van der Waals surface area contributed by atoms with E-state index in [9.17, 15) is 4.39 Å². The smallest absolute Gasteiger partial charge is 0.165 e. The van der Waals surface area contributed by atoms with E-state index in [2.05, 4.69) is 45.0 Å². The molecule has 30 heavy (non-hydrogen) atoms. The van der Waals surface area contributed by atoms with Crippen molar-refractivity contribution >= 4 is 0 Å². The SMILES string of the molecule is CCCCCCC(CC)Oc1ccc(-c2ccc(C3CCC(C)CC3)cc2)cc1F. The zero-order chi connectivity index (χ0) is 21.3. The summed E-state index contributed by atoms with van der Waals surface area (Å²) in [6.45, 7) is 6.69. The van der Waals surface area contributed by atoms with E-state index < -0.39 is 0 Å². The lowest BCUT2D eigenvalue weighted by Crippen LogP contribution is -2.16. The molecule has 2 heteroatoms. The molecule has 2 aromatic rings. The van der Waals surface area contributed by atoms with E-state index >= 15 is 0 Å². The first-order valence-electron chi connectivity index (χ1n) is 12.2. The van der Waals surface area contributed by atoms with E-state index in [1.807, 2.05) is 6.07 Å². The minimum atomic E-state index is -0.259. The van der Waals surface area contributed by atoms with Crippen molar-refractivity contribution in [2.75, 3.05) is 0 Å². The Hall–Kier alpha value is -1.83. The van der Waals surface area contributed by atoms with Crippen LogP contribution in [0.1, 0.15) is 96.5 Å². The van der Waals surface area contributed by atoms with Crippen molar-refractivity contribution < 1.29 is 9.13 Å². The van der Waals surface area contributed by atoms with Crippen molar-refractivity contribution in [3.05, 3.63) is 53.8 Å². The molecule has 0 amide bonds. The van der Waals surface area contributed by atoms with Gasteiger partial charge in [-0.05, 0) is 72.8 Å². The maximum atomic E-state index is 14.8. The van der Waals surface area contributed by atoms with Gasteiger partial charge in [0.2, 0.25) is 0 Å². The number of rotatable bonds is 10. The van der Waals surface area contributed by atoms with E-state index in [-0.39, 0.29) is 11.9 Å². The fraction of sp³-hybridized carbons (Fsp3) is 0.571. The van der Waals surface area contributed by atoms with Gasteiger partial charge >= 0.3 is 0 Å². The molecule has 2 aromatic carbocycles. The van der Waals surface area contributed by atoms with Crippen LogP contribution in [0.15, 0.2) is 42.5 Å². The van der Waals surface area contributed by atoms with Gasteiger partial charge < -0.3 is 4.74 Å². The second kappa shape index (κ2) is 11.5. The van der Waals surface area contributed by atoms with Crippen LogP contribution in [0.3, 0.4) is 0 Å². The highest BCUT2D eigenvalue weighted by molar-refractivity contribution is 5.64. The zero-order valence-corrected chi connectivity index (χ0v) is 19.1. The fourth-order valence-electron chi connectivity index (χ4n) is 4.64. The van der Waals surface area contributed by atoms with Crippen LogP contribution in [0.4, 0.5) is 4.39 Å². The maximum Gasteiger partial charge on any atom is 0.165 e. The van der Waals surface area contributed by atoms with E-state index in [1.165, 1.54) is 50.5 Å². The predicted molar refractivity (Wildman–Crippen MR) is 126 cm³/mol. The molecular weight excluding hydrogens is 371 g/mol. The Kier molecular flexibility index (Phi) is 8.78. The van der Waals surface area contributed by atoms with Gasteiger partial charge in [-0.25, -0.2) is 4.39 Å². The molecule has 0 heterocycles. The number of halogens is 1. The topological polar surface area (TPSA) is 9.23 Å². The zero-order valence-electron chi connectivity index (χ0n) is 19.1. The average Bonchev–Trinajstić information content (AvgIpc) is 2.77. The Morgan fingerprint density at radius 1 is 0.900 bits per heavy atom. The Labute approximate surface area is 183 Å². The Morgan fingerprint density at radius 2 is 1.60 bits per heavy atom. The first kappa shape index (κ1) is 22.8. The van der Waals surface area contributed by atoms with Gasteiger partial charge in [0, 0.05) is 0 Å². The molecule has 1 fully saturated rings. The molecule has 1 saturated carbocycles. The molecule has 0 spiro atoms. The lowest BCUT2D eigenvalue weighted by molar-refractivity contribution is 0.175. The highest BCUT2D eigenvalue weighted by Crippen LogP contribution is 2.36. The monoisotopic (exact) mass is 410 g/mol. The molecule has 1 aliphatic rings. The normalized spacial score (nSPS) is 20.1. The number of benzene rings is 2. The van der Waals surface area contributed by atoms with Gasteiger partial charge in [0.25, 0.3) is 0 Å². The molecule has 1 unspecified atom stereocenters. The summed E-state index contributed by atoms with van der Waals surface area (Å²) in [4.78, 5) is 0. The Balaban J connectivity index is 1.61. The summed E-state index contributed by atoms with van der Waals surface area (Å²) in [5, 5.41) is 0. The molecule has 0 bridgehead atoms. The fourth-order valence-corrected chi connectivity index (χ4v) is 4.64. The van der Waals surface area contributed by atoms with E-state index in [0.717, 1.165) is 36.3 Å². The van der Waals surface area contributed by atoms with Crippen molar-refractivity contribution in [1.29, 1.82) is 0 Å². The summed E-state index contributed by atoms with van der Waals surface area (Å²) in [6.07, 6.45) is 12.1. The molecular formula is C28H39FO. The van der Waals surface area contributed by atoms with Crippen LogP contribution >= 0.6 is 0 Å². The molecule has 0 radical (unpaired) electrons. The standard InChI is InChI=1S/C28H39FO/c1-4-6-7-8-9-26(5-2)30-28-19-18-25(20-27(28)29)24-16-14-23(15-17-24)22-12-10-21(3)11-13-22/h14-22,26H,4-13H2,1-3H3. The minimum absolute atomic E-state index is 0.0969. The van der Waals surface area contributed by atoms with Crippen LogP contribution in [0.5, 0.6) is 5.75 Å². The third-order valence-corrected chi connectivity index (χ3v) is 6.79. The lowest BCUT2D eigenvalue weighted by Gasteiger charge is -2.26. The second-order valence-electron chi connectivity index (χ2n) is 9.22. The second-order valence-corrected chi connectivity index (χ2v) is 9.22. The first-order valence-corrected chi connectivity index (χ1v) is 12.2. The molecule has 164 valence electrons. The molecule has 0 aliphatic heterocycles. The van der Waals surface area contributed by atoms with Crippen LogP contribution in [0, 0.1) is 11.7 Å². The number of hydrogen-bond acceptors (Lipinski definition) is 1. The Bertz CT molecular complexity index is 759. The van der Waals surface area contributed by atoms with Gasteiger partial charge in [-0.15, -0.1) is 0 Å². The van der Waals surface area contributed by atoms with Crippen molar-refractivity contribution in [3.63, 3.8) is 0 Å². The molecule has 0 N–H and O–H groups in total. The Morgan fingerprint density at radius 3 is 2.23 bits per heavy atom. The summed E-state index contributed by atoms with van der Waals surface area (Å²) < 4.78 is 20.8. The molecule has 3 rings (SSSR count). The first-order chi connectivity index (χ1) is 14.6. The van der Waals surface area contributed by atoms with Gasteiger partial charge in [-0.3, -0.25) is 0 Å². The minimum Gasteiger partial charge on any atom is -0.487 e. The lowest BCUT2D eigenvalue weighted by atomic mass is 9.79. The van der Waals surface area contributed by atoms with Crippen molar-refractivity contribution in [2.45, 2.75) is 97.0 Å². The highest BCUT2D eigenvalue weighted by atomic mass is 19.1. The average molecular weight is 411 g/mol. The molecule has 1 nitrogen and oxygen atoms in total. The largest absolute Gasteiger partial charge is 0.487 e. The summed E-state index contributed by atoms with van der Waals surface area (Å²) in [5.41, 5.74) is 3.42. The van der Waals surface area contributed by atoms with Gasteiger partial charge in [0.05, 0.1) is 6.10 Å². The van der Waals surface area contributed by atoms with Crippen molar-refractivity contribution in [3.8, 4) is 16.9 Å². The predicted octanol–water partition coefficient (Wildman–Crippen LogP) is 8.91. The van der Waals surface area contributed by atoms with Crippen LogP contribution in [-0.4, -0.2) is 6.10 Å². The molecule has 0 aromatic heterocycles. The third-order valence-electron chi connectivity index (χ3n) is 6.79. The quantitative estimate of drug-likeness (QED) is 0.355. The van der Waals surface area contributed by atoms with Crippen LogP contribution in [-0.2, 0) is 0 Å². The number of hydrogen-bond donors (Lipinski definition) is 0. The van der Waals surface area contributed by atoms with E-state index in [1.54, 1.807) is 12.1 Å². The molecule has 0 saturated heterocycles. The van der Waals surface area contributed by atoms with Gasteiger partial charge in [0.15, 0.2) is 11.6 Å². The van der Waals surface area contributed by atoms with Crippen molar-refractivity contribution in [1.82, 2.24) is 0 Å².